The lowest BCUT2D eigenvalue weighted by atomic mass is 10.3. The first kappa shape index (κ1) is 5.32. The van der Waals surface area contributed by atoms with Gasteiger partial charge in [0, 0.05) is 4.83 Å². The summed E-state index contributed by atoms with van der Waals surface area (Å²) in [4.78, 5) is 0.271. The third-order valence-corrected chi connectivity index (χ3v) is 1.98. The summed E-state index contributed by atoms with van der Waals surface area (Å²) < 4.78 is 0. The van der Waals surface area contributed by atoms with E-state index in [0.717, 1.165) is 6.42 Å². The molecule has 0 amide bonds. The third kappa shape index (κ3) is 1.04. The van der Waals surface area contributed by atoms with Crippen LogP contribution in [0.2, 0.25) is 0 Å². The minimum absolute atomic E-state index is 0.250. The first-order valence-corrected chi connectivity index (χ1v) is 3.21. The van der Waals surface area contributed by atoms with Crippen LogP contribution in [0.25, 0.3) is 0 Å². The second-order valence-corrected chi connectivity index (χ2v) is 2.85. The lowest BCUT2D eigenvalue weighted by Gasteiger charge is -2.01. The van der Waals surface area contributed by atoms with Gasteiger partial charge in [-0.05, 0) is 6.42 Å². The summed E-state index contributed by atoms with van der Waals surface area (Å²) in [6.07, 6.45) is 4.49. The molecular weight excluding hydrogens is 156 g/mol. The van der Waals surface area contributed by atoms with Gasteiger partial charge in [-0.3, -0.25) is 0 Å². The van der Waals surface area contributed by atoms with Crippen LogP contribution in [0.1, 0.15) is 6.42 Å². The molecule has 2 atom stereocenters. The van der Waals surface area contributed by atoms with Crippen molar-refractivity contribution < 1.29 is 5.11 Å². The van der Waals surface area contributed by atoms with Gasteiger partial charge in [-0.15, -0.1) is 0 Å². The summed E-state index contributed by atoms with van der Waals surface area (Å²) in [5.74, 6) is 0. The quantitative estimate of drug-likeness (QED) is 0.418. The SMILES string of the molecule is O[C@@H]1C=CC[C@H]1Br. The predicted octanol–water partition coefficient (Wildman–Crippen LogP) is 1.07. The van der Waals surface area contributed by atoms with Crippen LogP contribution in [0.3, 0.4) is 0 Å². The highest BCUT2D eigenvalue weighted by atomic mass is 79.9. The molecule has 0 aliphatic heterocycles. The average molecular weight is 163 g/mol. The molecule has 0 heterocycles. The van der Waals surface area contributed by atoms with E-state index in [-0.39, 0.29) is 10.9 Å². The van der Waals surface area contributed by atoms with Crippen molar-refractivity contribution in [1.82, 2.24) is 0 Å². The lowest BCUT2D eigenvalue weighted by Crippen LogP contribution is -2.10. The zero-order valence-corrected chi connectivity index (χ0v) is 5.43. The van der Waals surface area contributed by atoms with Crippen molar-refractivity contribution in [2.75, 3.05) is 0 Å². The van der Waals surface area contributed by atoms with E-state index in [2.05, 4.69) is 15.9 Å². The molecule has 0 bridgehead atoms. The van der Waals surface area contributed by atoms with Crippen molar-refractivity contribution >= 4 is 15.9 Å². The molecule has 0 aromatic rings. The molecule has 40 valence electrons. The van der Waals surface area contributed by atoms with Crippen LogP contribution in [0, 0.1) is 0 Å². The molecule has 7 heavy (non-hydrogen) atoms. The molecule has 1 nitrogen and oxygen atoms in total. The molecule has 1 aliphatic rings. The number of allylic oxidation sites excluding steroid dienone is 1. The smallest absolute Gasteiger partial charge is 0.0848 e. The van der Waals surface area contributed by atoms with Gasteiger partial charge in [-0.1, -0.05) is 28.1 Å². The van der Waals surface area contributed by atoms with E-state index in [0.29, 0.717) is 0 Å². The van der Waals surface area contributed by atoms with Crippen molar-refractivity contribution in [1.29, 1.82) is 0 Å². The first-order valence-electron chi connectivity index (χ1n) is 2.29. The number of aliphatic hydroxyl groups excluding tert-OH is 1. The van der Waals surface area contributed by atoms with Crippen LogP contribution in [0.4, 0.5) is 0 Å². The van der Waals surface area contributed by atoms with Crippen LogP contribution in [0.5, 0.6) is 0 Å². The summed E-state index contributed by atoms with van der Waals surface area (Å²) in [7, 11) is 0. The van der Waals surface area contributed by atoms with Gasteiger partial charge in [-0.25, -0.2) is 0 Å². The molecule has 1 aliphatic carbocycles. The van der Waals surface area contributed by atoms with Gasteiger partial charge in [0.05, 0.1) is 6.10 Å². The molecule has 0 unspecified atom stereocenters. The fourth-order valence-electron chi connectivity index (χ4n) is 0.608. The summed E-state index contributed by atoms with van der Waals surface area (Å²) in [5.41, 5.74) is 0. The number of halogens is 1. The summed E-state index contributed by atoms with van der Waals surface area (Å²) in [6, 6.07) is 0. The van der Waals surface area contributed by atoms with Gasteiger partial charge >= 0.3 is 0 Å². The Balaban J connectivity index is 2.45. The molecule has 0 aromatic heterocycles. The molecule has 0 fully saturated rings. The standard InChI is InChI=1S/C5H7BrO/c6-4-2-1-3-5(4)7/h1,3-5,7H,2H2/t4-,5-/m1/s1. The summed E-state index contributed by atoms with van der Waals surface area (Å²) in [6.45, 7) is 0. The highest BCUT2D eigenvalue weighted by molar-refractivity contribution is 9.09. The highest BCUT2D eigenvalue weighted by Gasteiger charge is 2.15. The second kappa shape index (κ2) is 1.97. The molecular formula is C5H7BrO. The number of hydrogen-bond donors (Lipinski definition) is 1. The van der Waals surface area contributed by atoms with E-state index in [4.69, 9.17) is 5.11 Å². The topological polar surface area (TPSA) is 20.2 Å². The molecule has 1 N–H and O–H groups in total. The summed E-state index contributed by atoms with van der Waals surface area (Å²) in [5, 5.41) is 8.86. The van der Waals surface area contributed by atoms with Crippen LogP contribution < -0.4 is 0 Å². The Morgan fingerprint density at radius 3 is 2.57 bits per heavy atom. The Hall–Kier alpha value is 0.180. The highest BCUT2D eigenvalue weighted by Crippen LogP contribution is 2.17. The maximum Gasteiger partial charge on any atom is 0.0848 e. The van der Waals surface area contributed by atoms with Crippen LogP contribution in [-0.4, -0.2) is 16.0 Å². The minimum atomic E-state index is -0.250. The first-order chi connectivity index (χ1) is 3.30. The predicted molar refractivity (Wildman–Crippen MR) is 32.5 cm³/mol. The van der Waals surface area contributed by atoms with Crippen LogP contribution >= 0.6 is 15.9 Å². The molecule has 0 radical (unpaired) electrons. The van der Waals surface area contributed by atoms with E-state index >= 15 is 0 Å². The number of rotatable bonds is 0. The van der Waals surface area contributed by atoms with Crippen LogP contribution in [-0.2, 0) is 0 Å². The number of aliphatic hydroxyl groups is 1. The fourth-order valence-corrected chi connectivity index (χ4v) is 1.00. The van der Waals surface area contributed by atoms with Crippen molar-refractivity contribution in [3.63, 3.8) is 0 Å². The molecule has 0 saturated heterocycles. The zero-order chi connectivity index (χ0) is 5.28. The Kier molecular flexibility index (Phi) is 1.50. The maximum absolute atomic E-state index is 8.86. The Morgan fingerprint density at radius 2 is 2.43 bits per heavy atom. The van der Waals surface area contributed by atoms with Gasteiger partial charge in [-0.2, -0.15) is 0 Å². The molecule has 1 rings (SSSR count). The van der Waals surface area contributed by atoms with Crippen molar-refractivity contribution in [2.24, 2.45) is 0 Å². The Labute approximate surface area is 51.2 Å². The van der Waals surface area contributed by atoms with Crippen LogP contribution in [0.15, 0.2) is 12.2 Å². The normalized spacial score (nSPS) is 39.7. The largest absolute Gasteiger partial charge is 0.388 e. The summed E-state index contributed by atoms with van der Waals surface area (Å²) >= 11 is 3.29. The zero-order valence-electron chi connectivity index (χ0n) is 3.84. The van der Waals surface area contributed by atoms with Gasteiger partial charge < -0.3 is 5.11 Å². The van der Waals surface area contributed by atoms with Gasteiger partial charge in [0.2, 0.25) is 0 Å². The molecule has 0 aromatic carbocycles. The van der Waals surface area contributed by atoms with E-state index in [1.54, 1.807) is 6.08 Å². The number of alkyl halides is 1. The van der Waals surface area contributed by atoms with Crippen molar-refractivity contribution in [3.05, 3.63) is 12.2 Å². The van der Waals surface area contributed by atoms with Gasteiger partial charge in [0.15, 0.2) is 0 Å². The average Bonchev–Trinajstić information content (AvgIpc) is 1.91. The second-order valence-electron chi connectivity index (χ2n) is 1.67. The number of hydrogen-bond acceptors (Lipinski definition) is 1. The maximum atomic E-state index is 8.86. The lowest BCUT2D eigenvalue weighted by molar-refractivity contribution is 0.230. The Morgan fingerprint density at radius 1 is 1.71 bits per heavy atom. The fraction of sp³-hybridized carbons (Fsp3) is 0.600. The van der Waals surface area contributed by atoms with E-state index in [9.17, 15) is 0 Å². The molecule has 0 spiro atoms. The van der Waals surface area contributed by atoms with E-state index in [1.807, 2.05) is 6.08 Å². The Bertz CT molecular complexity index is 90.1. The monoisotopic (exact) mass is 162 g/mol. The minimum Gasteiger partial charge on any atom is -0.388 e. The molecule has 2 heteroatoms. The third-order valence-electron chi connectivity index (χ3n) is 1.07. The van der Waals surface area contributed by atoms with Gasteiger partial charge in [0.1, 0.15) is 0 Å². The molecule has 0 saturated carbocycles. The van der Waals surface area contributed by atoms with Crippen molar-refractivity contribution in [3.8, 4) is 0 Å². The van der Waals surface area contributed by atoms with E-state index in [1.165, 1.54) is 0 Å². The van der Waals surface area contributed by atoms with Gasteiger partial charge in [0.25, 0.3) is 0 Å². The van der Waals surface area contributed by atoms with E-state index < -0.39 is 0 Å². The van der Waals surface area contributed by atoms with Crippen molar-refractivity contribution in [2.45, 2.75) is 17.4 Å².